The first-order valence-corrected chi connectivity index (χ1v) is 5.66. The molecule has 0 unspecified atom stereocenters. The summed E-state index contributed by atoms with van der Waals surface area (Å²) in [5.41, 5.74) is 3.32. The molecule has 0 atom stereocenters. The summed E-state index contributed by atoms with van der Waals surface area (Å²) in [6.45, 7) is 4.69. The molecular weight excluding hydrogens is 238 g/mol. The molecule has 0 aliphatic carbocycles. The van der Waals surface area contributed by atoms with Crippen LogP contribution in [0.1, 0.15) is 17.0 Å². The highest BCUT2D eigenvalue weighted by Crippen LogP contribution is 2.19. The van der Waals surface area contributed by atoms with Gasteiger partial charge in [-0.1, -0.05) is 11.6 Å². The van der Waals surface area contributed by atoms with Crippen molar-refractivity contribution in [2.45, 2.75) is 20.4 Å². The molecule has 5 nitrogen and oxygen atoms in total. The van der Waals surface area contributed by atoms with E-state index in [1.165, 1.54) is 11.9 Å². The molecule has 0 fully saturated rings. The summed E-state index contributed by atoms with van der Waals surface area (Å²) < 4.78 is 1.87. The average Bonchev–Trinajstić information content (AvgIpc) is 2.53. The molecule has 2 aromatic heterocycles. The van der Waals surface area contributed by atoms with E-state index in [9.17, 15) is 0 Å². The minimum atomic E-state index is 0.520. The lowest BCUT2D eigenvalue weighted by atomic mass is 10.2. The fourth-order valence-corrected chi connectivity index (χ4v) is 1.86. The molecule has 0 aromatic carbocycles. The second kappa shape index (κ2) is 4.71. The highest BCUT2D eigenvalue weighted by molar-refractivity contribution is 6.32. The Labute approximate surface area is 105 Å². The standard InChI is InChI=1S/C11H14ClN5/c1-7-9(8(2)17(3)16-7)4-14-11-10(12)5-13-6-15-11/h5-6H,4H2,1-3H3,(H,13,14,15). The van der Waals surface area contributed by atoms with E-state index in [0.717, 1.165) is 11.4 Å². The Morgan fingerprint density at radius 1 is 1.41 bits per heavy atom. The van der Waals surface area contributed by atoms with Crippen molar-refractivity contribution < 1.29 is 0 Å². The summed E-state index contributed by atoms with van der Waals surface area (Å²) in [5.74, 6) is 0.643. The van der Waals surface area contributed by atoms with Crippen molar-refractivity contribution >= 4 is 17.4 Å². The van der Waals surface area contributed by atoms with Crippen LogP contribution in [0.25, 0.3) is 0 Å². The number of nitrogens with one attached hydrogen (secondary N) is 1. The molecule has 0 saturated heterocycles. The molecule has 6 heteroatoms. The number of hydrogen-bond acceptors (Lipinski definition) is 4. The van der Waals surface area contributed by atoms with Crippen molar-refractivity contribution in [1.82, 2.24) is 19.7 Å². The van der Waals surface area contributed by atoms with E-state index < -0.39 is 0 Å². The van der Waals surface area contributed by atoms with Gasteiger partial charge < -0.3 is 5.32 Å². The quantitative estimate of drug-likeness (QED) is 0.908. The van der Waals surface area contributed by atoms with Gasteiger partial charge in [0.2, 0.25) is 0 Å². The Morgan fingerprint density at radius 2 is 2.18 bits per heavy atom. The minimum Gasteiger partial charge on any atom is -0.365 e. The summed E-state index contributed by atoms with van der Waals surface area (Å²) in [4.78, 5) is 7.92. The molecule has 2 rings (SSSR count). The van der Waals surface area contributed by atoms with Crippen LogP contribution in [0, 0.1) is 13.8 Å². The summed E-state index contributed by atoms with van der Waals surface area (Å²) in [5, 5.41) is 8.06. The lowest BCUT2D eigenvalue weighted by Crippen LogP contribution is -2.04. The van der Waals surface area contributed by atoms with Gasteiger partial charge in [0.25, 0.3) is 0 Å². The van der Waals surface area contributed by atoms with Gasteiger partial charge in [0.1, 0.15) is 17.2 Å². The number of aromatic nitrogens is 4. The Balaban J connectivity index is 2.15. The van der Waals surface area contributed by atoms with Crippen LogP contribution in [0.15, 0.2) is 12.5 Å². The monoisotopic (exact) mass is 251 g/mol. The zero-order valence-electron chi connectivity index (χ0n) is 10.0. The SMILES string of the molecule is Cc1nn(C)c(C)c1CNc1ncncc1Cl. The predicted octanol–water partition coefficient (Wildman–Crippen LogP) is 2.09. The van der Waals surface area contributed by atoms with E-state index >= 15 is 0 Å². The largest absolute Gasteiger partial charge is 0.365 e. The zero-order valence-corrected chi connectivity index (χ0v) is 10.8. The van der Waals surface area contributed by atoms with Gasteiger partial charge >= 0.3 is 0 Å². The highest BCUT2D eigenvalue weighted by Gasteiger charge is 2.09. The summed E-state index contributed by atoms with van der Waals surface area (Å²) in [6, 6.07) is 0. The molecule has 2 aromatic rings. The van der Waals surface area contributed by atoms with Gasteiger partial charge in [-0.25, -0.2) is 9.97 Å². The first-order chi connectivity index (χ1) is 8.09. The molecule has 2 heterocycles. The molecule has 1 N–H and O–H groups in total. The number of hydrogen-bond donors (Lipinski definition) is 1. The minimum absolute atomic E-state index is 0.520. The van der Waals surface area contributed by atoms with Crippen molar-refractivity contribution in [1.29, 1.82) is 0 Å². The normalized spacial score (nSPS) is 10.6. The number of anilines is 1. The molecular formula is C11H14ClN5. The molecule has 0 radical (unpaired) electrons. The average molecular weight is 252 g/mol. The van der Waals surface area contributed by atoms with Gasteiger partial charge in [0, 0.05) is 24.8 Å². The fraction of sp³-hybridized carbons (Fsp3) is 0.364. The molecule has 0 aliphatic rings. The van der Waals surface area contributed by atoms with Crippen molar-refractivity contribution in [3.63, 3.8) is 0 Å². The Bertz CT molecular complexity index is 535. The summed E-state index contributed by atoms with van der Waals surface area (Å²) >= 11 is 5.97. The number of halogens is 1. The van der Waals surface area contributed by atoms with Crippen LogP contribution in [-0.2, 0) is 13.6 Å². The molecule has 17 heavy (non-hydrogen) atoms. The van der Waals surface area contributed by atoms with Gasteiger partial charge in [-0.2, -0.15) is 5.10 Å². The maximum absolute atomic E-state index is 5.97. The van der Waals surface area contributed by atoms with Gasteiger partial charge in [-0.15, -0.1) is 0 Å². The van der Waals surface area contributed by atoms with Gasteiger partial charge in [-0.3, -0.25) is 4.68 Å². The smallest absolute Gasteiger partial charge is 0.148 e. The lowest BCUT2D eigenvalue weighted by molar-refractivity contribution is 0.730. The molecule has 0 bridgehead atoms. The van der Waals surface area contributed by atoms with Crippen LogP contribution in [0.3, 0.4) is 0 Å². The Morgan fingerprint density at radius 3 is 2.76 bits per heavy atom. The van der Waals surface area contributed by atoms with E-state index in [2.05, 4.69) is 20.4 Å². The number of nitrogens with zero attached hydrogens (tertiary/aromatic N) is 4. The van der Waals surface area contributed by atoms with Crippen LogP contribution in [0.4, 0.5) is 5.82 Å². The third-order valence-electron chi connectivity index (χ3n) is 2.76. The van der Waals surface area contributed by atoms with Gasteiger partial charge in [0.05, 0.1) is 11.9 Å². The maximum atomic E-state index is 5.97. The first kappa shape index (κ1) is 11.9. The zero-order chi connectivity index (χ0) is 12.4. The van der Waals surface area contributed by atoms with Crippen molar-refractivity contribution in [2.24, 2.45) is 7.05 Å². The number of rotatable bonds is 3. The van der Waals surface area contributed by atoms with Crippen LogP contribution in [0.2, 0.25) is 5.02 Å². The van der Waals surface area contributed by atoms with Crippen molar-refractivity contribution in [3.05, 3.63) is 34.5 Å². The molecule has 0 spiro atoms. The molecule has 0 amide bonds. The Kier molecular flexibility index (Phi) is 3.28. The van der Waals surface area contributed by atoms with Gasteiger partial charge in [0.15, 0.2) is 0 Å². The van der Waals surface area contributed by atoms with Gasteiger partial charge in [-0.05, 0) is 13.8 Å². The van der Waals surface area contributed by atoms with E-state index in [0.29, 0.717) is 17.4 Å². The first-order valence-electron chi connectivity index (χ1n) is 5.28. The third-order valence-corrected chi connectivity index (χ3v) is 3.04. The Hall–Kier alpha value is -1.62. The maximum Gasteiger partial charge on any atom is 0.148 e. The van der Waals surface area contributed by atoms with E-state index in [-0.39, 0.29) is 0 Å². The second-order valence-corrected chi connectivity index (χ2v) is 4.25. The molecule has 90 valence electrons. The van der Waals surface area contributed by atoms with E-state index in [1.54, 1.807) is 6.20 Å². The van der Waals surface area contributed by atoms with Crippen LogP contribution in [-0.4, -0.2) is 19.7 Å². The van der Waals surface area contributed by atoms with Crippen molar-refractivity contribution in [2.75, 3.05) is 5.32 Å². The van der Waals surface area contributed by atoms with Crippen LogP contribution < -0.4 is 5.32 Å². The molecule has 0 saturated carbocycles. The third kappa shape index (κ3) is 2.39. The summed E-state index contributed by atoms with van der Waals surface area (Å²) in [6.07, 6.45) is 3.04. The van der Waals surface area contributed by atoms with Crippen LogP contribution in [0.5, 0.6) is 0 Å². The lowest BCUT2D eigenvalue weighted by Gasteiger charge is -2.06. The molecule has 0 aliphatic heterocycles. The highest BCUT2D eigenvalue weighted by atomic mass is 35.5. The van der Waals surface area contributed by atoms with E-state index in [4.69, 9.17) is 11.6 Å². The fourth-order valence-electron chi connectivity index (χ4n) is 1.69. The number of aryl methyl sites for hydroxylation is 2. The second-order valence-electron chi connectivity index (χ2n) is 3.85. The predicted molar refractivity (Wildman–Crippen MR) is 67.1 cm³/mol. The van der Waals surface area contributed by atoms with Crippen LogP contribution >= 0.6 is 11.6 Å². The summed E-state index contributed by atoms with van der Waals surface area (Å²) in [7, 11) is 1.93. The van der Waals surface area contributed by atoms with Crippen molar-refractivity contribution in [3.8, 4) is 0 Å². The topological polar surface area (TPSA) is 55.6 Å². The van der Waals surface area contributed by atoms with E-state index in [1.807, 2.05) is 25.6 Å².